The van der Waals surface area contributed by atoms with Gasteiger partial charge in [-0.1, -0.05) is 23.7 Å². The summed E-state index contributed by atoms with van der Waals surface area (Å²) < 4.78 is 14.4. The number of nitrogens with zero attached hydrogens (tertiary/aromatic N) is 2. The second-order valence-electron chi connectivity index (χ2n) is 5.24. The van der Waals surface area contributed by atoms with Crippen LogP contribution in [-0.4, -0.2) is 15.2 Å². The van der Waals surface area contributed by atoms with Gasteiger partial charge in [0.15, 0.2) is 0 Å². The monoisotopic (exact) mass is 329 g/mol. The molecule has 23 heavy (non-hydrogen) atoms. The summed E-state index contributed by atoms with van der Waals surface area (Å²) >= 11 is 5.91. The van der Waals surface area contributed by atoms with Crippen molar-refractivity contribution in [3.63, 3.8) is 0 Å². The molecule has 3 aromatic rings. The quantitative estimate of drug-likeness (QED) is 0.775. The lowest BCUT2D eigenvalue weighted by atomic mass is 9.97. The number of benzene rings is 1. The summed E-state index contributed by atoms with van der Waals surface area (Å²) in [5, 5.41) is 6.96. The van der Waals surface area contributed by atoms with Crippen molar-refractivity contribution in [3.05, 3.63) is 69.0 Å². The fourth-order valence-corrected chi connectivity index (χ4v) is 2.58. The van der Waals surface area contributed by atoms with Crippen molar-refractivity contribution in [1.82, 2.24) is 15.2 Å². The van der Waals surface area contributed by atoms with Gasteiger partial charge in [-0.25, -0.2) is 9.49 Å². The van der Waals surface area contributed by atoms with Crippen LogP contribution in [0.2, 0.25) is 5.02 Å². The molecular weight excluding hydrogens is 317 g/mol. The average molecular weight is 330 g/mol. The van der Waals surface area contributed by atoms with Gasteiger partial charge in [0, 0.05) is 16.8 Å². The van der Waals surface area contributed by atoms with E-state index in [0.29, 0.717) is 21.8 Å². The number of hydrogen-bond acceptors (Lipinski definition) is 3. The van der Waals surface area contributed by atoms with E-state index in [-0.39, 0.29) is 11.3 Å². The van der Waals surface area contributed by atoms with Crippen molar-refractivity contribution >= 4 is 11.6 Å². The molecule has 0 aliphatic heterocycles. The van der Waals surface area contributed by atoms with E-state index in [9.17, 15) is 9.18 Å². The lowest BCUT2D eigenvalue weighted by molar-refractivity contribution is 0.624. The molecule has 3 rings (SSSR count). The highest BCUT2D eigenvalue weighted by molar-refractivity contribution is 6.30. The van der Waals surface area contributed by atoms with Crippen LogP contribution in [0.5, 0.6) is 0 Å². The molecule has 0 bridgehead atoms. The molecule has 0 saturated heterocycles. The first kappa shape index (κ1) is 15.4. The van der Waals surface area contributed by atoms with Gasteiger partial charge < -0.3 is 0 Å². The zero-order valence-corrected chi connectivity index (χ0v) is 13.3. The number of aromatic amines is 1. The Labute approximate surface area is 137 Å². The lowest BCUT2D eigenvalue weighted by Crippen LogP contribution is -2.15. The smallest absolute Gasteiger partial charge is 0.267 e. The Morgan fingerprint density at radius 1 is 1.13 bits per heavy atom. The number of rotatable bonds is 2. The molecule has 6 heteroatoms. The maximum Gasteiger partial charge on any atom is 0.274 e. The van der Waals surface area contributed by atoms with Crippen LogP contribution in [-0.2, 0) is 0 Å². The Hall–Kier alpha value is -2.53. The Kier molecular flexibility index (Phi) is 3.96. The molecule has 0 radical (unpaired) electrons. The third-order valence-electron chi connectivity index (χ3n) is 3.51. The van der Waals surface area contributed by atoms with Crippen LogP contribution in [0.1, 0.15) is 11.3 Å². The van der Waals surface area contributed by atoms with Gasteiger partial charge in [0.2, 0.25) is 0 Å². The fraction of sp³-hybridized carbons (Fsp3) is 0.118. The summed E-state index contributed by atoms with van der Waals surface area (Å²) in [6, 6.07) is 8.30. The number of aryl methyl sites for hydroxylation is 2. The average Bonchev–Trinajstić information content (AvgIpc) is 2.51. The SMILES string of the molecule is Cc1cnc(-c2c(-c3ccc(Cl)cc3)c(C)n[nH]c2=O)c(F)c1. The van der Waals surface area contributed by atoms with Crippen LogP contribution in [0.4, 0.5) is 4.39 Å². The van der Waals surface area contributed by atoms with E-state index in [1.54, 1.807) is 38.1 Å². The van der Waals surface area contributed by atoms with E-state index in [2.05, 4.69) is 15.2 Å². The standard InChI is InChI=1S/C17H13ClFN3O/c1-9-7-13(19)16(20-8-9)15-14(10(2)21-22-17(15)23)11-3-5-12(18)6-4-11/h3-8H,1-2H3,(H,22,23). The van der Waals surface area contributed by atoms with Crippen molar-refractivity contribution in [3.8, 4) is 22.4 Å². The Morgan fingerprint density at radius 2 is 1.83 bits per heavy atom. The molecule has 0 fully saturated rings. The zero-order chi connectivity index (χ0) is 16.6. The maximum atomic E-state index is 14.4. The molecule has 116 valence electrons. The van der Waals surface area contributed by atoms with Crippen molar-refractivity contribution in [2.45, 2.75) is 13.8 Å². The van der Waals surface area contributed by atoms with Crippen molar-refractivity contribution in [1.29, 1.82) is 0 Å². The first-order valence-corrected chi connectivity index (χ1v) is 7.33. The summed E-state index contributed by atoms with van der Waals surface area (Å²) in [5.41, 5.74) is 2.20. The maximum absolute atomic E-state index is 14.4. The molecule has 2 heterocycles. The largest absolute Gasteiger partial charge is 0.274 e. The summed E-state index contributed by atoms with van der Waals surface area (Å²) in [4.78, 5) is 16.4. The van der Waals surface area contributed by atoms with Gasteiger partial charge in [0.25, 0.3) is 5.56 Å². The number of nitrogens with one attached hydrogen (secondary N) is 1. The van der Waals surface area contributed by atoms with Gasteiger partial charge in [0.05, 0.1) is 11.3 Å². The molecule has 0 atom stereocenters. The van der Waals surface area contributed by atoms with Crippen LogP contribution in [0, 0.1) is 19.7 Å². The number of H-pyrrole nitrogens is 1. The van der Waals surface area contributed by atoms with Crippen LogP contribution in [0.15, 0.2) is 41.3 Å². The zero-order valence-electron chi connectivity index (χ0n) is 12.5. The van der Waals surface area contributed by atoms with Crippen LogP contribution in [0.25, 0.3) is 22.4 Å². The number of hydrogen-bond donors (Lipinski definition) is 1. The minimum atomic E-state index is -0.545. The van der Waals surface area contributed by atoms with E-state index < -0.39 is 11.4 Å². The van der Waals surface area contributed by atoms with E-state index in [1.807, 2.05) is 0 Å². The van der Waals surface area contributed by atoms with Gasteiger partial charge in [-0.05, 0) is 43.2 Å². The first-order chi connectivity index (χ1) is 11.0. The molecule has 0 unspecified atom stereocenters. The highest BCUT2D eigenvalue weighted by Gasteiger charge is 2.19. The molecule has 0 saturated carbocycles. The minimum absolute atomic E-state index is 0.00676. The molecule has 0 amide bonds. The summed E-state index contributed by atoms with van der Waals surface area (Å²) in [6.07, 6.45) is 1.53. The van der Waals surface area contributed by atoms with Crippen molar-refractivity contribution < 1.29 is 4.39 Å². The molecule has 1 aromatic carbocycles. The second-order valence-corrected chi connectivity index (χ2v) is 5.67. The summed E-state index contributed by atoms with van der Waals surface area (Å²) in [6.45, 7) is 3.48. The Bertz CT molecular complexity index is 936. The first-order valence-electron chi connectivity index (χ1n) is 6.95. The number of halogens is 2. The van der Waals surface area contributed by atoms with Crippen LogP contribution < -0.4 is 5.56 Å². The third kappa shape index (κ3) is 2.87. The van der Waals surface area contributed by atoms with Gasteiger partial charge in [-0.2, -0.15) is 5.10 Å². The molecule has 4 nitrogen and oxygen atoms in total. The molecule has 2 aromatic heterocycles. The van der Waals surface area contributed by atoms with E-state index in [1.165, 1.54) is 12.3 Å². The molecular formula is C17H13ClFN3O. The second kappa shape index (κ2) is 5.93. The Morgan fingerprint density at radius 3 is 2.48 bits per heavy atom. The number of pyridine rings is 1. The third-order valence-corrected chi connectivity index (χ3v) is 3.76. The Balaban J connectivity index is 2.34. The topological polar surface area (TPSA) is 58.6 Å². The van der Waals surface area contributed by atoms with Gasteiger partial charge in [-0.15, -0.1) is 0 Å². The fourth-order valence-electron chi connectivity index (χ4n) is 2.45. The minimum Gasteiger partial charge on any atom is -0.267 e. The predicted molar refractivity (Wildman–Crippen MR) is 88.0 cm³/mol. The molecule has 1 N–H and O–H groups in total. The van der Waals surface area contributed by atoms with E-state index >= 15 is 0 Å². The van der Waals surface area contributed by atoms with E-state index in [4.69, 9.17) is 11.6 Å². The predicted octanol–water partition coefficient (Wildman–Crippen LogP) is 3.91. The van der Waals surface area contributed by atoms with Gasteiger partial charge >= 0.3 is 0 Å². The summed E-state index contributed by atoms with van der Waals surface area (Å²) in [5.74, 6) is -0.545. The van der Waals surface area contributed by atoms with E-state index in [0.717, 1.165) is 5.56 Å². The molecule has 0 spiro atoms. The van der Waals surface area contributed by atoms with Gasteiger partial charge in [-0.3, -0.25) is 9.78 Å². The van der Waals surface area contributed by atoms with Crippen LogP contribution >= 0.6 is 11.6 Å². The summed E-state index contributed by atoms with van der Waals surface area (Å²) in [7, 11) is 0. The van der Waals surface area contributed by atoms with Crippen molar-refractivity contribution in [2.24, 2.45) is 0 Å². The molecule has 0 aliphatic carbocycles. The van der Waals surface area contributed by atoms with Crippen LogP contribution in [0.3, 0.4) is 0 Å². The highest BCUT2D eigenvalue weighted by atomic mass is 35.5. The van der Waals surface area contributed by atoms with Gasteiger partial charge in [0.1, 0.15) is 11.5 Å². The van der Waals surface area contributed by atoms with Crippen molar-refractivity contribution in [2.75, 3.05) is 0 Å². The molecule has 0 aliphatic rings. The highest BCUT2D eigenvalue weighted by Crippen LogP contribution is 2.32. The number of aromatic nitrogens is 3. The lowest BCUT2D eigenvalue weighted by Gasteiger charge is -2.12. The normalized spacial score (nSPS) is 10.8.